The fraction of sp³-hybridized carbons (Fsp3) is 0.333. The Morgan fingerprint density at radius 1 is 1.21 bits per heavy atom. The lowest BCUT2D eigenvalue weighted by molar-refractivity contribution is -0.118. The molecule has 0 radical (unpaired) electrons. The van der Waals surface area contributed by atoms with Crippen molar-refractivity contribution in [2.45, 2.75) is 30.6 Å². The van der Waals surface area contributed by atoms with Crippen molar-refractivity contribution >= 4 is 43.2 Å². The van der Waals surface area contributed by atoms with Crippen LogP contribution in [0.5, 0.6) is 0 Å². The molecule has 4 rings (SSSR count). The molecule has 0 bridgehead atoms. The largest absolute Gasteiger partial charge is 0.312 e. The van der Waals surface area contributed by atoms with Crippen LogP contribution in [0.15, 0.2) is 47.4 Å². The van der Waals surface area contributed by atoms with Crippen molar-refractivity contribution in [2.75, 3.05) is 25.5 Å². The van der Waals surface area contributed by atoms with E-state index in [2.05, 4.69) is 11.1 Å². The van der Waals surface area contributed by atoms with Crippen LogP contribution >= 0.6 is 11.3 Å². The Morgan fingerprint density at radius 2 is 2.00 bits per heavy atom. The van der Waals surface area contributed by atoms with E-state index in [1.54, 1.807) is 34.4 Å². The summed E-state index contributed by atoms with van der Waals surface area (Å²) in [7, 11) is -0.433. The van der Waals surface area contributed by atoms with Crippen molar-refractivity contribution in [2.24, 2.45) is 0 Å². The second-order valence-corrected chi connectivity index (χ2v) is 10.6. The average molecular weight is 430 g/mol. The number of aryl methyl sites for hydroxylation is 1. The minimum atomic E-state index is -3.47. The number of aromatic nitrogens is 1. The van der Waals surface area contributed by atoms with Gasteiger partial charge in [-0.3, -0.25) is 4.79 Å². The van der Waals surface area contributed by atoms with E-state index >= 15 is 0 Å². The first-order valence-corrected chi connectivity index (χ1v) is 11.8. The third-order valence-corrected chi connectivity index (χ3v) is 8.05. The number of hydrogen-bond donors (Lipinski definition) is 0. The van der Waals surface area contributed by atoms with E-state index in [-0.39, 0.29) is 10.8 Å². The molecule has 0 fully saturated rings. The van der Waals surface area contributed by atoms with Gasteiger partial charge in [-0.1, -0.05) is 12.1 Å². The third kappa shape index (κ3) is 3.92. The van der Waals surface area contributed by atoms with Gasteiger partial charge in [-0.15, -0.1) is 11.3 Å². The van der Waals surface area contributed by atoms with Crippen LogP contribution in [0.3, 0.4) is 0 Å². The molecule has 29 heavy (non-hydrogen) atoms. The number of carbonyl (C=O) groups excluding carboxylic acids is 1. The van der Waals surface area contributed by atoms with Gasteiger partial charge in [0.05, 0.1) is 20.1 Å². The molecular formula is C21H23N3O3S2. The maximum Gasteiger partial charge on any atom is 0.242 e. The lowest BCUT2D eigenvalue weighted by Gasteiger charge is -2.18. The molecule has 2 aromatic carbocycles. The molecule has 0 saturated heterocycles. The zero-order valence-electron chi connectivity index (χ0n) is 16.5. The zero-order chi connectivity index (χ0) is 20.6. The zero-order valence-corrected chi connectivity index (χ0v) is 18.1. The van der Waals surface area contributed by atoms with Crippen LogP contribution in [-0.2, 0) is 27.7 Å². The van der Waals surface area contributed by atoms with Gasteiger partial charge in [0.1, 0.15) is 0 Å². The molecule has 0 atom stereocenters. The van der Waals surface area contributed by atoms with Gasteiger partial charge < -0.3 is 4.90 Å². The summed E-state index contributed by atoms with van der Waals surface area (Å²) < 4.78 is 27.0. The molecule has 1 aliphatic heterocycles. The Bertz CT molecular complexity index is 1140. The van der Waals surface area contributed by atoms with E-state index in [1.807, 2.05) is 18.2 Å². The minimum absolute atomic E-state index is 0.0769. The maximum atomic E-state index is 12.7. The number of sulfonamides is 1. The second-order valence-electron chi connectivity index (χ2n) is 7.30. The lowest BCUT2D eigenvalue weighted by atomic mass is 10.1. The highest BCUT2D eigenvalue weighted by Gasteiger charge is 2.27. The van der Waals surface area contributed by atoms with E-state index in [4.69, 9.17) is 0 Å². The summed E-state index contributed by atoms with van der Waals surface area (Å²) in [6, 6.07) is 13.1. The van der Waals surface area contributed by atoms with Gasteiger partial charge in [0.25, 0.3) is 0 Å². The Balaban J connectivity index is 1.40. The van der Waals surface area contributed by atoms with Gasteiger partial charge in [0.15, 0.2) is 0 Å². The van der Waals surface area contributed by atoms with Crippen molar-refractivity contribution in [3.05, 3.63) is 53.0 Å². The van der Waals surface area contributed by atoms with Crippen molar-refractivity contribution in [1.82, 2.24) is 9.29 Å². The van der Waals surface area contributed by atoms with Crippen LogP contribution in [0.25, 0.3) is 10.2 Å². The molecule has 0 saturated carbocycles. The van der Waals surface area contributed by atoms with E-state index in [9.17, 15) is 13.2 Å². The third-order valence-electron chi connectivity index (χ3n) is 5.15. The van der Waals surface area contributed by atoms with Gasteiger partial charge in [-0.25, -0.2) is 17.7 Å². The lowest BCUT2D eigenvalue weighted by Crippen LogP contribution is -2.28. The molecule has 1 aliphatic rings. The number of hydrogen-bond acceptors (Lipinski definition) is 5. The first kappa shape index (κ1) is 20.0. The van der Waals surface area contributed by atoms with Crippen molar-refractivity contribution < 1.29 is 13.2 Å². The molecule has 0 unspecified atom stereocenters. The summed E-state index contributed by atoms with van der Waals surface area (Å²) in [5, 5.41) is 1.05. The molecule has 1 amide bonds. The SMILES string of the molecule is CN(C)S(=O)(=O)c1ccc2c(c1)CCN2C(=O)CCCc1nc2ccccc2s1. The number of benzene rings is 2. The normalized spacial score (nSPS) is 14.0. The number of anilines is 1. The minimum Gasteiger partial charge on any atom is -0.312 e. The number of fused-ring (bicyclic) bond motifs is 2. The highest BCUT2D eigenvalue weighted by molar-refractivity contribution is 7.89. The van der Waals surface area contributed by atoms with Crippen LogP contribution in [0.4, 0.5) is 5.69 Å². The molecular weight excluding hydrogens is 406 g/mol. The van der Waals surface area contributed by atoms with Gasteiger partial charge in [-0.05, 0) is 55.2 Å². The smallest absolute Gasteiger partial charge is 0.242 e. The first-order chi connectivity index (χ1) is 13.9. The summed E-state index contributed by atoms with van der Waals surface area (Å²) in [4.78, 5) is 19.4. The fourth-order valence-corrected chi connectivity index (χ4v) is 5.52. The molecule has 6 nitrogen and oxygen atoms in total. The topological polar surface area (TPSA) is 70.6 Å². The highest BCUT2D eigenvalue weighted by Crippen LogP contribution is 2.31. The standard InChI is InChI=1S/C21H23N3O3S2/c1-23(2)29(26,27)16-10-11-18-15(14-16)12-13-24(18)21(25)9-5-8-20-22-17-6-3-4-7-19(17)28-20/h3-4,6-7,10-11,14H,5,8-9,12-13H2,1-2H3. The molecule has 152 valence electrons. The van der Waals surface area contributed by atoms with E-state index < -0.39 is 10.0 Å². The number of carbonyl (C=O) groups is 1. The molecule has 3 aromatic rings. The molecule has 0 N–H and O–H groups in total. The van der Waals surface area contributed by atoms with Crippen LogP contribution in [-0.4, -0.2) is 44.3 Å². The van der Waals surface area contributed by atoms with Crippen LogP contribution in [0.2, 0.25) is 0 Å². The Kier molecular flexibility index (Phi) is 5.42. The van der Waals surface area contributed by atoms with Crippen molar-refractivity contribution in [3.63, 3.8) is 0 Å². The highest BCUT2D eigenvalue weighted by atomic mass is 32.2. The summed E-state index contributed by atoms with van der Waals surface area (Å²) in [5.74, 6) is 0.0769. The van der Waals surface area contributed by atoms with Crippen molar-refractivity contribution in [1.29, 1.82) is 0 Å². The monoisotopic (exact) mass is 429 g/mol. The van der Waals surface area contributed by atoms with Gasteiger partial charge >= 0.3 is 0 Å². The predicted octanol–water partition coefficient (Wildman–Crippen LogP) is 3.46. The van der Waals surface area contributed by atoms with Crippen LogP contribution in [0, 0.1) is 0 Å². The van der Waals surface area contributed by atoms with Crippen LogP contribution < -0.4 is 4.90 Å². The predicted molar refractivity (Wildman–Crippen MR) is 116 cm³/mol. The first-order valence-electron chi connectivity index (χ1n) is 9.56. The maximum absolute atomic E-state index is 12.7. The molecule has 0 spiro atoms. The number of rotatable bonds is 6. The summed E-state index contributed by atoms with van der Waals surface area (Å²) in [6.07, 6.45) is 2.66. The average Bonchev–Trinajstić information content (AvgIpc) is 3.30. The van der Waals surface area contributed by atoms with E-state index in [0.717, 1.165) is 34.6 Å². The number of nitrogens with zero attached hydrogens (tertiary/aromatic N) is 3. The Hall–Kier alpha value is -2.29. The molecule has 2 heterocycles. The summed E-state index contributed by atoms with van der Waals surface area (Å²) >= 11 is 1.68. The number of thiazole rings is 1. The quantitative estimate of drug-likeness (QED) is 0.602. The summed E-state index contributed by atoms with van der Waals surface area (Å²) in [5.41, 5.74) is 2.75. The Labute approximate surface area is 174 Å². The van der Waals surface area contributed by atoms with Gasteiger partial charge in [-0.2, -0.15) is 0 Å². The molecule has 0 aliphatic carbocycles. The van der Waals surface area contributed by atoms with Gasteiger partial charge in [0.2, 0.25) is 15.9 Å². The fourth-order valence-electron chi connectivity index (χ4n) is 3.56. The number of para-hydroxylation sites is 1. The van der Waals surface area contributed by atoms with E-state index in [1.165, 1.54) is 23.1 Å². The van der Waals surface area contributed by atoms with Crippen molar-refractivity contribution in [3.8, 4) is 0 Å². The van der Waals surface area contributed by atoms with Gasteiger partial charge in [0, 0.05) is 32.7 Å². The molecule has 1 aromatic heterocycles. The second kappa shape index (κ2) is 7.85. The Morgan fingerprint density at radius 3 is 2.76 bits per heavy atom. The van der Waals surface area contributed by atoms with E-state index in [0.29, 0.717) is 19.4 Å². The van der Waals surface area contributed by atoms with Crippen LogP contribution in [0.1, 0.15) is 23.4 Å². The number of amides is 1. The molecule has 8 heteroatoms. The summed E-state index contributed by atoms with van der Waals surface area (Å²) in [6.45, 7) is 0.598.